The summed E-state index contributed by atoms with van der Waals surface area (Å²) >= 11 is 1.62. The van der Waals surface area contributed by atoms with Gasteiger partial charge in [0.1, 0.15) is 23.0 Å². The molecule has 0 saturated heterocycles. The van der Waals surface area contributed by atoms with Crippen molar-refractivity contribution in [2.75, 3.05) is 0 Å². The first-order valence-corrected chi connectivity index (χ1v) is 7.49. The summed E-state index contributed by atoms with van der Waals surface area (Å²) in [5.41, 5.74) is 0.567. The zero-order chi connectivity index (χ0) is 14.8. The Morgan fingerprint density at radius 1 is 1.24 bits per heavy atom. The van der Waals surface area contributed by atoms with Crippen LogP contribution in [-0.2, 0) is 6.54 Å². The molecular formula is C16H15NO3S. The zero-order valence-electron chi connectivity index (χ0n) is 11.8. The summed E-state index contributed by atoms with van der Waals surface area (Å²) in [6.07, 6.45) is 0. The van der Waals surface area contributed by atoms with E-state index in [9.17, 15) is 4.79 Å². The fourth-order valence-corrected chi connectivity index (χ4v) is 2.83. The quantitative estimate of drug-likeness (QED) is 0.787. The summed E-state index contributed by atoms with van der Waals surface area (Å²) in [5.74, 6) is 2.76. The molecule has 0 bridgehead atoms. The van der Waals surface area contributed by atoms with E-state index in [0.717, 1.165) is 22.2 Å². The molecule has 0 aliphatic carbocycles. The molecule has 0 atom stereocenters. The summed E-state index contributed by atoms with van der Waals surface area (Å²) in [5, 5.41) is 4.84. The van der Waals surface area contributed by atoms with E-state index >= 15 is 0 Å². The lowest BCUT2D eigenvalue weighted by molar-refractivity contribution is 0.0946. The molecule has 0 unspecified atom stereocenters. The minimum Gasteiger partial charge on any atom is -0.466 e. The number of carbonyl (C=O) groups excluding carboxylic acids is 1. The molecule has 3 aromatic heterocycles. The normalized spacial score (nSPS) is 10.8. The molecule has 0 fully saturated rings. The fourth-order valence-electron chi connectivity index (χ4n) is 2.14. The first-order chi connectivity index (χ1) is 10.1. The Kier molecular flexibility index (Phi) is 3.66. The van der Waals surface area contributed by atoms with Gasteiger partial charge in [-0.05, 0) is 43.5 Å². The summed E-state index contributed by atoms with van der Waals surface area (Å²) in [6.45, 7) is 3.96. The lowest BCUT2D eigenvalue weighted by Gasteiger charge is -2.01. The van der Waals surface area contributed by atoms with Gasteiger partial charge in [-0.15, -0.1) is 11.3 Å². The molecule has 0 radical (unpaired) electrons. The molecular weight excluding hydrogens is 286 g/mol. The highest BCUT2D eigenvalue weighted by Gasteiger charge is 2.14. The van der Waals surface area contributed by atoms with Crippen molar-refractivity contribution in [2.24, 2.45) is 0 Å². The van der Waals surface area contributed by atoms with Crippen molar-refractivity contribution < 1.29 is 13.6 Å². The van der Waals surface area contributed by atoms with Crippen LogP contribution in [0.2, 0.25) is 0 Å². The molecule has 0 aliphatic heterocycles. The second-order valence-electron chi connectivity index (χ2n) is 4.75. The maximum atomic E-state index is 12.1. The standard InChI is InChI=1S/C16H15NO3S/c1-10-8-13(11(2)19-10)16(18)17-9-12-5-6-14(20-12)15-4-3-7-21-15/h3-8H,9H2,1-2H3,(H,17,18). The van der Waals surface area contributed by atoms with Crippen molar-refractivity contribution >= 4 is 17.2 Å². The van der Waals surface area contributed by atoms with Gasteiger partial charge in [0.05, 0.1) is 17.0 Å². The Morgan fingerprint density at radius 3 is 2.76 bits per heavy atom. The largest absolute Gasteiger partial charge is 0.466 e. The predicted octanol–water partition coefficient (Wildman–Crippen LogP) is 4.15. The average Bonchev–Trinajstić information content (AvgIpc) is 3.15. The molecule has 3 heterocycles. The van der Waals surface area contributed by atoms with E-state index in [1.807, 2.05) is 36.6 Å². The van der Waals surface area contributed by atoms with Crippen LogP contribution in [0.4, 0.5) is 0 Å². The van der Waals surface area contributed by atoms with Gasteiger partial charge < -0.3 is 14.2 Å². The highest BCUT2D eigenvalue weighted by molar-refractivity contribution is 7.13. The molecule has 3 aromatic rings. The molecule has 4 nitrogen and oxygen atoms in total. The van der Waals surface area contributed by atoms with Crippen molar-refractivity contribution in [2.45, 2.75) is 20.4 Å². The van der Waals surface area contributed by atoms with E-state index in [1.165, 1.54) is 0 Å². The van der Waals surface area contributed by atoms with E-state index < -0.39 is 0 Å². The Labute approximate surface area is 126 Å². The van der Waals surface area contributed by atoms with Gasteiger partial charge in [0.2, 0.25) is 0 Å². The van der Waals surface area contributed by atoms with Crippen LogP contribution in [-0.4, -0.2) is 5.91 Å². The third-order valence-corrected chi connectivity index (χ3v) is 4.02. The van der Waals surface area contributed by atoms with Crippen molar-refractivity contribution in [3.63, 3.8) is 0 Å². The van der Waals surface area contributed by atoms with E-state index in [1.54, 1.807) is 24.3 Å². The molecule has 108 valence electrons. The van der Waals surface area contributed by atoms with Crippen LogP contribution in [0, 0.1) is 13.8 Å². The SMILES string of the molecule is Cc1cc(C(=O)NCc2ccc(-c3cccs3)o2)c(C)o1. The summed E-state index contributed by atoms with van der Waals surface area (Å²) in [6, 6.07) is 9.52. The van der Waals surface area contributed by atoms with Crippen molar-refractivity contribution in [3.05, 3.63) is 58.6 Å². The number of aryl methyl sites for hydroxylation is 2. The summed E-state index contributed by atoms with van der Waals surface area (Å²) < 4.78 is 11.1. The summed E-state index contributed by atoms with van der Waals surface area (Å²) in [4.78, 5) is 13.2. The van der Waals surface area contributed by atoms with Crippen LogP contribution in [0.3, 0.4) is 0 Å². The molecule has 0 aliphatic rings. The molecule has 1 N–H and O–H groups in total. The van der Waals surface area contributed by atoms with E-state index in [0.29, 0.717) is 17.9 Å². The van der Waals surface area contributed by atoms with Gasteiger partial charge in [-0.3, -0.25) is 4.79 Å². The number of hydrogen-bond donors (Lipinski definition) is 1. The van der Waals surface area contributed by atoms with Gasteiger partial charge in [-0.2, -0.15) is 0 Å². The number of nitrogens with one attached hydrogen (secondary N) is 1. The highest BCUT2D eigenvalue weighted by atomic mass is 32.1. The molecule has 1 amide bonds. The van der Waals surface area contributed by atoms with Gasteiger partial charge in [0.25, 0.3) is 5.91 Å². The second-order valence-corrected chi connectivity index (χ2v) is 5.70. The van der Waals surface area contributed by atoms with Crippen LogP contribution >= 0.6 is 11.3 Å². The zero-order valence-corrected chi connectivity index (χ0v) is 12.6. The van der Waals surface area contributed by atoms with Crippen LogP contribution < -0.4 is 5.32 Å². The number of thiophene rings is 1. The van der Waals surface area contributed by atoms with Crippen molar-refractivity contribution in [3.8, 4) is 10.6 Å². The number of hydrogen-bond acceptors (Lipinski definition) is 4. The van der Waals surface area contributed by atoms with Gasteiger partial charge >= 0.3 is 0 Å². The van der Waals surface area contributed by atoms with Crippen LogP contribution in [0.1, 0.15) is 27.6 Å². The van der Waals surface area contributed by atoms with Crippen LogP contribution in [0.5, 0.6) is 0 Å². The monoisotopic (exact) mass is 301 g/mol. The Bertz CT molecular complexity index is 752. The average molecular weight is 301 g/mol. The molecule has 5 heteroatoms. The Hall–Kier alpha value is -2.27. The molecule has 0 aromatic carbocycles. The third kappa shape index (κ3) is 2.92. The number of furan rings is 2. The lowest BCUT2D eigenvalue weighted by Crippen LogP contribution is -2.22. The minimum atomic E-state index is -0.154. The lowest BCUT2D eigenvalue weighted by atomic mass is 10.2. The first-order valence-electron chi connectivity index (χ1n) is 6.61. The first kappa shape index (κ1) is 13.7. The Balaban J connectivity index is 1.65. The minimum absolute atomic E-state index is 0.154. The van der Waals surface area contributed by atoms with Gasteiger partial charge in [0, 0.05) is 0 Å². The number of amides is 1. The van der Waals surface area contributed by atoms with Crippen molar-refractivity contribution in [1.29, 1.82) is 0 Å². The van der Waals surface area contributed by atoms with E-state index in [-0.39, 0.29) is 5.91 Å². The van der Waals surface area contributed by atoms with E-state index in [4.69, 9.17) is 8.83 Å². The molecule has 3 rings (SSSR count). The number of rotatable bonds is 4. The second kappa shape index (κ2) is 5.61. The highest BCUT2D eigenvalue weighted by Crippen LogP contribution is 2.26. The van der Waals surface area contributed by atoms with Crippen LogP contribution in [0.15, 0.2) is 44.5 Å². The van der Waals surface area contributed by atoms with Gasteiger partial charge in [-0.25, -0.2) is 0 Å². The smallest absolute Gasteiger partial charge is 0.255 e. The van der Waals surface area contributed by atoms with Crippen molar-refractivity contribution in [1.82, 2.24) is 5.32 Å². The maximum absolute atomic E-state index is 12.1. The topological polar surface area (TPSA) is 55.4 Å². The predicted molar refractivity (Wildman–Crippen MR) is 81.4 cm³/mol. The van der Waals surface area contributed by atoms with Crippen LogP contribution in [0.25, 0.3) is 10.6 Å². The van der Waals surface area contributed by atoms with Gasteiger partial charge in [0.15, 0.2) is 0 Å². The Morgan fingerprint density at radius 2 is 2.10 bits per heavy atom. The number of carbonyl (C=O) groups is 1. The summed E-state index contributed by atoms with van der Waals surface area (Å²) in [7, 11) is 0. The third-order valence-electron chi connectivity index (χ3n) is 3.13. The maximum Gasteiger partial charge on any atom is 0.255 e. The molecule has 21 heavy (non-hydrogen) atoms. The van der Waals surface area contributed by atoms with Gasteiger partial charge in [-0.1, -0.05) is 6.07 Å². The molecule has 0 saturated carbocycles. The van der Waals surface area contributed by atoms with E-state index in [2.05, 4.69) is 5.32 Å². The fraction of sp³-hybridized carbons (Fsp3) is 0.188. The molecule has 0 spiro atoms.